The number of carbonyl (C=O) groups is 1. The van der Waals surface area contributed by atoms with Crippen molar-refractivity contribution in [2.75, 3.05) is 0 Å². The minimum Gasteiger partial charge on any atom is -0.512 e. The first-order chi connectivity index (χ1) is 17.9. The van der Waals surface area contributed by atoms with Crippen LogP contribution in [0.15, 0.2) is 35.0 Å². The van der Waals surface area contributed by atoms with Gasteiger partial charge in [0.15, 0.2) is 5.78 Å². The molecule has 0 aliphatic carbocycles. The summed E-state index contributed by atoms with van der Waals surface area (Å²) in [4.78, 5) is 17.5. The molecule has 2 N–H and O–H groups in total. The Hall–Kier alpha value is -1.53. The number of nitrogens with one attached hydrogen (secondary N) is 1. The van der Waals surface area contributed by atoms with Crippen molar-refractivity contribution >= 4 is 39.2 Å². The Bertz CT molecular complexity index is 1090. The van der Waals surface area contributed by atoms with Crippen molar-refractivity contribution in [3.05, 3.63) is 52.3 Å². The molecule has 5 nitrogen and oxygen atoms in total. The number of fused-ring (bicyclic) bond motifs is 3. The third-order valence-electron chi connectivity index (χ3n) is 6.83. The van der Waals surface area contributed by atoms with Crippen molar-refractivity contribution in [2.45, 2.75) is 101 Å². The standard InChI is InChI=1S/C19H25N3S.C13H24O2.Ir/c1-12(2)9-13-7-6-8-14-15-17(23-16(13)14)18(22-11-21-15)20-10-19(3,4)5;1-5-10(6-2)12(14)9-13(15)11(7-3)8-4;/h6-8,10-12,18,20H,9H2,1-5H3;9-11,14H,5-8H2,1-4H3;/q-2;;/b;12-9-;. The fraction of sp³-hybridized carbons (Fsp3) is 0.594. The number of benzene rings is 1. The molecular formula is C32H49IrN3O2S-2. The minimum atomic E-state index is -0.0222. The van der Waals surface area contributed by atoms with E-state index < -0.39 is 0 Å². The number of hydrogen-bond donors (Lipinski definition) is 2. The Balaban J connectivity index is 0.000000418. The van der Waals surface area contributed by atoms with E-state index in [4.69, 9.17) is 0 Å². The minimum absolute atomic E-state index is 0. The first-order valence-corrected chi connectivity index (χ1v) is 15.1. The maximum Gasteiger partial charge on any atom is 0.162 e. The van der Waals surface area contributed by atoms with Gasteiger partial charge in [-0.2, -0.15) is 5.41 Å². The molecule has 1 aromatic carbocycles. The van der Waals surface area contributed by atoms with Gasteiger partial charge in [0, 0.05) is 53.8 Å². The van der Waals surface area contributed by atoms with Crippen LogP contribution in [-0.2, 0) is 31.3 Å². The summed E-state index contributed by atoms with van der Waals surface area (Å²) >= 11 is 1.84. The summed E-state index contributed by atoms with van der Waals surface area (Å²) in [6.45, 7) is 21.3. The van der Waals surface area contributed by atoms with E-state index in [1.54, 1.807) is 6.34 Å². The van der Waals surface area contributed by atoms with Gasteiger partial charge in [-0.1, -0.05) is 86.9 Å². The van der Waals surface area contributed by atoms with Gasteiger partial charge in [0.1, 0.15) is 0 Å². The zero-order valence-electron chi connectivity index (χ0n) is 25.3. The summed E-state index contributed by atoms with van der Waals surface area (Å²) in [6, 6.07) is 6.58. The molecule has 7 heteroatoms. The molecule has 221 valence electrons. The molecule has 0 amide bonds. The van der Waals surface area contributed by atoms with Crippen LogP contribution in [0.1, 0.15) is 105 Å². The maximum absolute atomic E-state index is 11.7. The smallest absolute Gasteiger partial charge is 0.162 e. The number of aliphatic imine (C=N–C) groups is 1. The summed E-state index contributed by atoms with van der Waals surface area (Å²) in [6.07, 6.45) is 7.68. The van der Waals surface area contributed by atoms with Gasteiger partial charge in [-0.15, -0.1) is 11.3 Å². The summed E-state index contributed by atoms with van der Waals surface area (Å²) in [5, 5.41) is 19.0. The topological polar surface area (TPSA) is 75.8 Å². The first kappa shape index (κ1) is 35.5. The van der Waals surface area contributed by atoms with Gasteiger partial charge in [-0.3, -0.25) is 11.3 Å². The maximum atomic E-state index is 11.7. The number of allylic oxidation sites excluding steroid dienone is 2. The number of nitrogens with zero attached hydrogens (tertiary/aromatic N) is 2. The summed E-state index contributed by atoms with van der Waals surface area (Å²) in [7, 11) is 0. The number of aliphatic hydroxyl groups excluding tert-OH is 1. The zero-order chi connectivity index (χ0) is 28.5. The Labute approximate surface area is 254 Å². The number of aliphatic hydroxyl groups is 1. The van der Waals surface area contributed by atoms with Crippen LogP contribution in [0.4, 0.5) is 5.69 Å². The van der Waals surface area contributed by atoms with Gasteiger partial charge in [0.25, 0.3) is 0 Å². The van der Waals surface area contributed by atoms with E-state index in [9.17, 15) is 9.90 Å². The molecule has 1 aromatic heterocycles. The molecule has 3 rings (SSSR count). The van der Waals surface area contributed by atoms with Crippen molar-refractivity contribution < 1.29 is 30.0 Å². The van der Waals surface area contributed by atoms with Crippen molar-refractivity contribution in [2.24, 2.45) is 28.2 Å². The molecule has 1 atom stereocenters. The van der Waals surface area contributed by atoms with Crippen LogP contribution in [0, 0.1) is 29.7 Å². The predicted octanol–water partition coefficient (Wildman–Crippen LogP) is 9.81. The number of hydrogen-bond acceptors (Lipinski definition) is 5. The largest absolute Gasteiger partial charge is 0.512 e. The molecule has 0 saturated heterocycles. The van der Waals surface area contributed by atoms with Crippen LogP contribution in [0.2, 0.25) is 0 Å². The van der Waals surface area contributed by atoms with Crippen LogP contribution in [0.3, 0.4) is 0 Å². The Morgan fingerprint density at radius 2 is 1.74 bits per heavy atom. The van der Waals surface area contributed by atoms with E-state index >= 15 is 0 Å². The summed E-state index contributed by atoms with van der Waals surface area (Å²) in [5.74, 6) is 1.20. The fourth-order valence-electron chi connectivity index (χ4n) is 4.55. The third kappa shape index (κ3) is 10.4. The monoisotopic (exact) mass is 732 g/mol. The Morgan fingerprint density at radius 3 is 2.28 bits per heavy atom. The molecule has 0 saturated carbocycles. The fourth-order valence-corrected chi connectivity index (χ4v) is 5.83. The predicted molar refractivity (Wildman–Crippen MR) is 165 cm³/mol. The van der Waals surface area contributed by atoms with Crippen molar-refractivity contribution in [1.82, 2.24) is 5.32 Å². The van der Waals surface area contributed by atoms with Crippen LogP contribution >= 0.6 is 11.3 Å². The molecule has 0 bridgehead atoms. The SMILES string of the molecule is CC(C)Cc1cccc2c3c(sc12)C(N[CH-]C(C)(C)C)[N-]C=N3.CCC(CC)C(=O)/C=C(\O)C(CC)CC.[Ir]. The van der Waals surface area contributed by atoms with Gasteiger partial charge in [0.05, 0.1) is 5.76 Å². The molecular weight excluding hydrogens is 683 g/mol. The first-order valence-electron chi connectivity index (χ1n) is 14.3. The molecule has 0 spiro atoms. The zero-order valence-corrected chi connectivity index (χ0v) is 28.5. The van der Waals surface area contributed by atoms with Crippen LogP contribution < -0.4 is 5.32 Å². The summed E-state index contributed by atoms with van der Waals surface area (Å²) in [5.41, 5.74) is 2.63. The number of ketones is 1. The molecule has 1 aliphatic rings. The Kier molecular flexibility index (Phi) is 15.2. The molecule has 39 heavy (non-hydrogen) atoms. The quantitative estimate of drug-likeness (QED) is 0.137. The van der Waals surface area contributed by atoms with E-state index in [0.717, 1.165) is 37.8 Å². The molecule has 1 aliphatic heterocycles. The average molecular weight is 732 g/mol. The van der Waals surface area contributed by atoms with Gasteiger partial charge in [0.2, 0.25) is 0 Å². The molecule has 1 radical (unpaired) electrons. The van der Waals surface area contributed by atoms with E-state index in [1.807, 2.05) is 39.0 Å². The number of carbonyl (C=O) groups excluding carboxylic acids is 1. The van der Waals surface area contributed by atoms with Gasteiger partial charge in [-0.25, -0.2) is 0 Å². The summed E-state index contributed by atoms with van der Waals surface area (Å²) < 4.78 is 1.36. The second-order valence-electron chi connectivity index (χ2n) is 11.7. The average Bonchev–Trinajstić information content (AvgIpc) is 3.24. The van der Waals surface area contributed by atoms with Crippen molar-refractivity contribution in [3.8, 4) is 0 Å². The van der Waals surface area contributed by atoms with E-state index in [1.165, 1.54) is 26.6 Å². The van der Waals surface area contributed by atoms with Gasteiger partial charge < -0.3 is 20.7 Å². The van der Waals surface area contributed by atoms with Crippen LogP contribution in [0.5, 0.6) is 0 Å². The number of rotatable bonds is 11. The third-order valence-corrected chi connectivity index (χ3v) is 8.16. The molecule has 1 unspecified atom stereocenters. The van der Waals surface area contributed by atoms with E-state index in [0.29, 0.717) is 5.92 Å². The molecule has 2 heterocycles. The van der Waals surface area contributed by atoms with Gasteiger partial charge >= 0.3 is 0 Å². The second kappa shape index (κ2) is 16.7. The van der Waals surface area contributed by atoms with E-state index in [-0.39, 0.29) is 55.1 Å². The van der Waals surface area contributed by atoms with Crippen molar-refractivity contribution in [3.63, 3.8) is 0 Å². The Morgan fingerprint density at radius 1 is 1.13 bits per heavy atom. The van der Waals surface area contributed by atoms with Crippen LogP contribution in [0.25, 0.3) is 15.4 Å². The van der Waals surface area contributed by atoms with E-state index in [2.05, 4.69) is 75.0 Å². The molecule has 0 fully saturated rings. The van der Waals surface area contributed by atoms with Gasteiger partial charge in [-0.05, 0) is 54.7 Å². The van der Waals surface area contributed by atoms with Crippen LogP contribution in [-0.4, -0.2) is 17.2 Å². The van der Waals surface area contributed by atoms with Crippen molar-refractivity contribution in [1.29, 1.82) is 0 Å². The normalized spacial score (nSPS) is 15.2. The number of thiophene rings is 1. The molecule has 2 aromatic rings. The second-order valence-corrected chi connectivity index (χ2v) is 12.7.